The standard InChI is InChI=1S/C19H22N4O2/c1-22(14-9-15-7-10-20-11-8-15)18(24)16-5-4-6-17(21-16)19(25)23-12-2-3-13-23/h4-8,10-11H,2-3,9,12-14H2,1H3. The molecule has 2 aromatic rings. The van der Waals surface area contributed by atoms with Crippen molar-refractivity contribution in [3.63, 3.8) is 0 Å². The van der Waals surface area contributed by atoms with E-state index in [4.69, 9.17) is 0 Å². The van der Waals surface area contributed by atoms with Gasteiger partial charge in [-0.15, -0.1) is 0 Å². The Kier molecular flexibility index (Phi) is 5.38. The number of amides is 2. The fraction of sp³-hybridized carbons (Fsp3) is 0.368. The average Bonchev–Trinajstić information content (AvgIpc) is 3.20. The summed E-state index contributed by atoms with van der Waals surface area (Å²) in [4.78, 5) is 36.7. The minimum atomic E-state index is -0.176. The molecule has 1 aliphatic rings. The summed E-state index contributed by atoms with van der Waals surface area (Å²) in [5.41, 5.74) is 1.78. The average molecular weight is 338 g/mol. The Labute approximate surface area is 147 Å². The quantitative estimate of drug-likeness (QED) is 0.837. The first-order valence-corrected chi connectivity index (χ1v) is 8.56. The van der Waals surface area contributed by atoms with E-state index in [9.17, 15) is 9.59 Å². The third kappa shape index (κ3) is 4.21. The monoisotopic (exact) mass is 338 g/mol. The number of likely N-dealkylation sites (N-methyl/N-ethyl adjacent to an activating group) is 1. The minimum Gasteiger partial charge on any atom is -0.340 e. The number of rotatable bonds is 5. The van der Waals surface area contributed by atoms with Crippen LogP contribution in [0, 0.1) is 0 Å². The van der Waals surface area contributed by atoms with E-state index >= 15 is 0 Å². The smallest absolute Gasteiger partial charge is 0.272 e. The van der Waals surface area contributed by atoms with Crippen molar-refractivity contribution in [1.29, 1.82) is 0 Å². The number of pyridine rings is 2. The molecule has 6 heteroatoms. The first kappa shape index (κ1) is 17.1. The van der Waals surface area contributed by atoms with Gasteiger partial charge in [0.2, 0.25) is 0 Å². The van der Waals surface area contributed by atoms with Gasteiger partial charge < -0.3 is 9.80 Å². The van der Waals surface area contributed by atoms with E-state index in [2.05, 4.69) is 9.97 Å². The molecule has 2 amide bonds. The molecule has 0 N–H and O–H groups in total. The summed E-state index contributed by atoms with van der Waals surface area (Å²) >= 11 is 0. The van der Waals surface area contributed by atoms with E-state index in [1.807, 2.05) is 12.1 Å². The van der Waals surface area contributed by atoms with Crippen molar-refractivity contribution in [2.24, 2.45) is 0 Å². The van der Waals surface area contributed by atoms with Gasteiger partial charge >= 0.3 is 0 Å². The van der Waals surface area contributed by atoms with Gasteiger partial charge in [0.1, 0.15) is 11.4 Å². The molecule has 130 valence electrons. The highest BCUT2D eigenvalue weighted by Crippen LogP contribution is 2.12. The van der Waals surface area contributed by atoms with Gasteiger partial charge in [0.15, 0.2) is 0 Å². The van der Waals surface area contributed by atoms with Crippen LogP contribution in [-0.4, -0.2) is 58.3 Å². The van der Waals surface area contributed by atoms with Gasteiger partial charge in [-0.3, -0.25) is 14.6 Å². The lowest BCUT2D eigenvalue weighted by molar-refractivity contribution is 0.0781. The van der Waals surface area contributed by atoms with Crippen molar-refractivity contribution in [1.82, 2.24) is 19.8 Å². The zero-order valence-electron chi connectivity index (χ0n) is 14.4. The minimum absolute atomic E-state index is 0.0911. The Morgan fingerprint density at radius 1 is 1.08 bits per heavy atom. The van der Waals surface area contributed by atoms with Gasteiger partial charge in [0.25, 0.3) is 11.8 Å². The fourth-order valence-corrected chi connectivity index (χ4v) is 2.90. The number of carbonyl (C=O) groups is 2. The molecule has 6 nitrogen and oxygen atoms in total. The molecule has 1 saturated heterocycles. The lowest BCUT2D eigenvalue weighted by atomic mass is 10.2. The van der Waals surface area contributed by atoms with E-state index in [0.29, 0.717) is 17.9 Å². The molecule has 0 atom stereocenters. The fourth-order valence-electron chi connectivity index (χ4n) is 2.90. The SMILES string of the molecule is CN(CCc1ccncc1)C(=O)c1cccc(C(=O)N2CCCC2)n1. The lowest BCUT2D eigenvalue weighted by Crippen LogP contribution is -2.31. The summed E-state index contributed by atoms with van der Waals surface area (Å²) in [5, 5.41) is 0. The van der Waals surface area contributed by atoms with Crippen molar-refractivity contribution < 1.29 is 9.59 Å². The van der Waals surface area contributed by atoms with Crippen LogP contribution >= 0.6 is 0 Å². The first-order valence-electron chi connectivity index (χ1n) is 8.56. The number of aromatic nitrogens is 2. The van der Waals surface area contributed by atoms with Crippen LogP contribution in [0.1, 0.15) is 39.4 Å². The predicted octanol–water partition coefficient (Wildman–Crippen LogP) is 2.03. The molecule has 3 rings (SSSR count). The summed E-state index contributed by atoms with van der Waals surface area (Å²) in [6, 6.07) is 8.93. The van der Waals surface area contributed by atoms with E-state index in [1.54, 1.807) is 47.4 Å². The molecule has 0 unspecified atom stereocenters. The normalized spacial score (nSPS) is 13.7. The van der Waals surface area contributed by atoms with E-state index in [1.165, 1.54) is 0 Å². The second-order valence-corrected chi connectivity index (χ2v) is 6.24. The molecule has 25 heavy (non-hydrogen) atoms. The van der Waals surface area contributed by atoms with Crippen LogP contribution in [0.25, 0.3) is 0 Å². The maximum atomic E-state index is 12.6. The number of hydrogen-bond donors (Lipinski definition) is 0. The molecule has 0 spiro atoms. The number of nitrogens with zero attached hydrogens (tertiary/aromatic N) is 4. The Hall–Kier alpha value is -2.76. The second kappa shape index (κ2) is 7.88. The molecular weight excluding hydrogens is 316 g/mol. The summed E-state index contributed by atoms with van der Waals surface area (Å²) in [5.74, 6) is -0.267. The molecule has 3 heterocycles. The molecule has 0 aromatic carbocycles. The molecule has 1 fully saturated rings. The van der Waals surface area contributed by atoms with E-state index in [0.717, 1.165) is 37.9 Å². The van der Waals surface area contributed by atoms with Crippen molar-refractivity contribution in [2.45, 2.75) is 19.3 Å². The number of carbonyl (C=O) groups excluding carboxylic acids is 2. The number of hydrogen-bond acceptors (Lipinski definition) is 4. The van der Waals surface area contributed by atoms with Gasteiger partial charge in [-0.1, -0.05) is 6.07 Å². The predicted molar refractivity (Wildman–Crippen MR) is 94.3 cm³/mol. The zero-order chi connectivity index (χ0) is 17.6. The largest absolute Gasteiger partial charge is 0.340 e. The Balaban J connectivity index is 1.65. The van der Waals surface area contributed by atoms with Crippen molar-refractivity contribution in [3.05, 3.63) is 59.7 Å². The van der Waals surface area contributed by atoms with Crippen LogP contribution in [0.2, 0.25) is 0 Å². The molecule has 0 radical (unpaired) electrons. The third-order valence-corrected chi connectivity index (χ3v) is 4.41. The highest BCUT2D eigenvalue weighted by Gasteiger charge is 2.22. The van der Waals surface area contributed by atoms with Gasteiger partial charge in [-0.05, 0) is 49.1 Å². The van der Waals surface area contributed by atoms with Crippen molar-refractivity contribution in [3.8, 4) is 0 Å². The zero-order valence-corrected chi connectivity index (χ0v) is 14.4. The van der Waals surface area contributed by atoms with E-state index < -0.39 is 0 Å². The van der Waals surface area contributed by atoms with Gasteiger partial charge in [0.05, 0.1) is 0 Å². The maximum absolute atomic E-state index is 12.6. The van der Waals surface area contributed by atoms with Gasteiger partial charge in [-0.25, -0.2) is 4.98 Å². The molecular formula is C19H22N4O2. The first-order chi connectivity index (χ1) is 12.1. The summed E-state index contributed by atoms with van der Waals surface area (Å²) in [6.07, 6.45) is 6.29. The van der Waals surface area contributed by atoms with Crippen molar-refractivity contribution in [2.75, 3.05) is 26.7 Å². The maximum Gasteiger partial charge on any atom is 0.272 e. The van der Waals surface area contributed by atoms with Crippen LogP contribution < -0.4 is 0 Å². The van der Waals surface area contributed by atoms with Crippen LogP contribution in [0.4, 0.5) is 0 Å². The Morgan fingerprint density at radius 3 is 2.48 bits per heavy atom. The van der Waals surface area contributed by atoms with Crippen LogP contribution in [0.3, 0.4) is 0 Å². The van der Waals surface area contributed by atoms with Gasteiger partial charge in [-0.2, -0.15) is 0 Å². The van der Waals surface area contributed by atoms with Crippen LogP contribution in [0.5, 0.6) is 0 Å². The number of likely N-dealkylation sites (tertiary alicyclic amines) is 1. The molecule has 1 aliphatic heterocycles. The third-order valence-electron chi connectivity index (χ3n) is 4.41. The van der Waals surface area contributed by atoms with Crippen molar-refractivity contribution >= 4 is 11.8 Å². The summed E-state index contributed by atoms with van der Waals surface area (Å²) in [7, 11) is 1.75. The molecule has 0 saturated carbocycles. The Bertz CT molecular complexity index is 742. The van der Waals surface area contributed by atoms with Crippen LogP contribution in [0.15, 0.2) is 42.7 Å². The van der Waals surface area contributed by atoms with E-state index in [-0.39, 0.29) is 11.8 Å². The highest BCUT2D eigenvalue weighted by molar-refractivity contribution is 5.96. The summed E-state index contributed by atoms with van der Waals surface area (Å²) in [6.45, 7) is 2.11. The Morgan fingerprint density at radius 2 is 1.76 bits per heavy atom. The molecule has 2 aromatic heterocycles. The van der Waals surface area contributed by atoms with Crippen LogP contribution in [-0.2, 0) is 6.42 Å². The topological polar surface area (TPSA) is 66.4 Å². The molecule has 0 aliphatic carbocycles. The summed E-state index contributed by atoms with van der Waals surface area (Å²) < 4.78 is 0. The lowest BCUT2D eigenvalue weighted by Gasteiger charge is -2.18. The molecule has 0 bridgehead atoms. The second-order valence-electron chi connectivity index (χ2n) is 6.24. The highest BCUT2D eigenvalue weighted by atomic mass is 16.2. The van der Waals surface area contributed by atoms with Gasteiger partial charge in [0, 0.05) is 39.1 Å².